The lowest BCUT2D eigenvalue weighted by molar-refractivity contribution is 0.592. The quantitative estimate of drug-likeness (QED) is 0.334. The van der Waals surface area contributed by atoms with Gasteiger partial charge in [-0.25, -0.2) is 13.4 Å². The summed E-state index contributed by atoms with van der Waals surface area (Å²) in [5.74, 6) is 0.691. The largest absolute Gasteiger partial charge is 0.378 e. The van der Waals surface area contributed by atoms with Crippen molar-refractivity contribution in [1.82, 2.24) is 19.8 Å². The second-order valence-corrected chi connectivity index (χ2v) is 10.7. The number of anilines is 2. The highest BCUT2D eigenvalue weighted by molar-refractivity contribution is 7.91. The Kier molecular flexibility index (Phi) is 6.48. The lowest BCUT2D eigenvalue weighted by Crippen LogP contribution is -2.19. The molecule has 0 unspecified atom stereocenters. The van der Waals surface area contributed by atoms with Crippen molar-refractivity contribution in [2.24, 2.45) is 0 Å². The SMILES string of the molecule is CN(C)c1ccc(CN(C)c2nc3c(S(=O)(=O)c4ccccc4)nnn3c3ccsc23)cc1.Cl. The van der Waals surface area contributed by atoms with E-state index in [1.165, 1.54) is 15.9 Å². The molecule has 0 aliphatic heterocycles. The average Bonchev–Trinajstić information content (AvgIpc) is 3.46. The van der Waals surface area contributed by atoms with E-state index >= 15 is 0 Å². The molecule has 0 N–H and O–H groups in total. The van der Waals surface area contributed by atoms with E-state index in [1.807, 2.05) is 37.5 Å². The zero-order valence-electron chi connectivity index (χ0n) is 18.8. The Labute approximate surface area is 207 Å². The van der Waals surface area contributed by atoms with Crippen LogP contribution in [0.15, 0.2) is 76.0 Å². The molecular weight excluding hydrogens is 492 g/mol. The minimum atomic E-state index is -3.86. The molecule has 2 aromatic carbocycles. The maximum atomic E-state index is 13.3. The second-order valence-electron chi connectivity index (χ2n) is 7.93. The van der Waals surface area contributed by atoms with Gasteiger partial charge >= 0.3 is 0 Å². The van der Waals surface area contributed by atoms with Crippen molar-refractivity contribution in [1.29, 1.82) is 0 Å². The van der Waals surface area contributed by atoms with Crippen molar-refractivity contribution in [2.75, 3.05) is 30.9 Å². The maximum absolute atomic E-state index is 13.3. The molecule has 0 saturated heterocycles. The topological polar surface area (TPSA) is 83.7 Å². The number of rotatable bonds is 6. The number of thiophene rings is 1. The lowest BCUT2D eigenvalue weighted by atomic mass is 10.2. The van der Waals surface area contributed by atoms with Crippen LogP contribution in [0.3, 0.4) is 0 Å². The van der Waals surface area contributed by atoms with E-state index in [9.17, 15) is 8.42 Å². The Morgan fingerprint density at radius 2 is 1.68 bits per heavy atom. The first kappa shape index (κ1) is 23.9. The summed E-state index contributed by atoms with van der Waals surface area (Å²) >= 11 is 1.54. The van der Waals surface area contributed by atoms with Gasteiger partial charge in [0.1, 0.15) is 0 Å². The molecule has 0 bridgehead atoms. The zero-order chi connectivity index (χ0) is 23.2. The van der Waals surface area contributed by atoms with Gasteiger partial charge in [-0.15, -0.1) is 28.8 Å². The van der Waals surface area contributed by atoms with Crippen molar-refractivity contribution in [3.63, 3.8) is 0 Å². The van der Waals surface area contributed by atoms with Crippen LogP contribution < -0.4 is 9.80 Å². The maximum Gasteiger partial charge on any atom is 0.229 e. The number of fused-ring (bicyclic) bond motifs is 3. The molecule has 0 spiro atoms. The Morgan fingerprint density at radius 1 is 0.971 bits per heavy atom. The Balaban J connectivity index is 0.00000274. The Bertz CT molecular complexity index is 1550. The van der Waals surface area contributed by atoms with Gasteiger partial charge in [-0.3, -0.25) is 0 Å². The molecule has 0 radical (unpaired) electrons. The van der Waals surface area contributed by atoms with Crippen molar-refractivity contribution in [3.05, 3.63) is 71.6 Å². The normalized spacial score (nSPS) is 11.5. The summed E-state index contributed by atoms with van der Waals surface area (Å²) in [6, 6.07) is 18.5. The highest BCUT2D eigenvalue weighted by Gasteiger charge is 2.27. The number of halogens is 1. The minimum absolute atomic E-state index is 0. The molecule has 5 aromatic rings. The van der Waals surface area contributed by atoms with E-state index in [1.54, 1.807) is 30.3 Å². The van der Waals surface area contributed by atoms with Crippen LogP contribution in [0.4, 0.5) is 11.5 Å². The third kappa shape index (κ3) is 4.08. The van der Waals surface area contributed by atoms with Crippen molar-refractivity contribution in [2.45, 2.75) is 16.5 Å². The van der Waals surface area contributed by atoms with E-state index in [0.29, 0.717) is 12.4 Å². The summed E-state index contributed by atoms with van der Waals surface area (Å²) in [6.45, 7) is 0.617. The Hall–Kier alpha value is -3.21. The van der Waals surface area contributed by atoms with Gasteiger partial charge < -0.3 is 9.80 Å². The van der Waals surface area contributed by atoms with Crippen LogP contribution in [0, 0.1) is 0 Å². The molecule has 0 amide bonds. The smallest absolute Gasteiger partial charge is 0.229 e. The first-order valence-corrected chi connectivity index (χ1v) is 12.6. The standard InChI is InChI=1S/C23H22N6O2S2.ClH/c1-27(2)17-11-9-16(10-12-17)15-28(3)21-20-19(13-14-32-20)29-22(24-21)23(25-26-29)33(30,31)18-7-5-4-6-8-18;/h4-14H,15H2,1-3H3;1H. The highest BCUT2D eigenvalue weighted by Crippen LogP contribution is 2.33. The molecular formula is C23H23ClN6O2S2. The number of sulfone groups is 1. The molecule has 0 aliphatic carbocycles. The summed E-state index contributed by atoms with van der Waals surface area (Å²) in [6.07, 6.45) is 0. The molecule has 5 rings (SSSR count). The molecule has 176 valence electrons. The number of hydrogen-bond donors (Lipinski definition) is 0. The predicted molar refractivity (Wildman–Crippen MR) is 138 cm³/mol. The fraction of sp³-hybridized carbons (Fsp3) is 0.174. The van der Waals surface area contributed by atoms with Crippen LogP contribution in [0.1, 0.15) is 5.56 Å². The molecule has 3 heterocycles. The van der Waals surface area contributed by atoms with E-state index in [0.717, 1.165) is 21.5 Å². The minimum Gasteiger partial charge on any atom is -0.378 e. The highest BCUT2D eigenvalue weighted by atomic mass is 35.5. The average molecular weight is 515 g/mol. The van der Waals surface area contributed by atoms with E-state index in [2.05, 4.69) is 39.5 Å². The summed E-state index contributed by atoms with van der Waals surface area (Å²) in [5.41, 5.74) is 3.24. The first-order valence-electron chi connectivity index (χ1n) is 10.3. The molecule has 3 aromatic heterocycles. The van der Waals surface area contributed by atoms with E-state index in [-0.39, 0.29) is 28.0 Å². The van der Waals surface area contributed by atoms with Crippen LogP contribution in [0.2, 0.25) is 0 Å². The molecule has 0 saturated carbocycles. The third-order valence-corrected chi connectivity index (χ3v) is 8.01. The van der Waals surface area contributed by atoms with Gasteiger partial charge in [0.15, 0.2) is 11.5 Å². The number of aromatic nitrogens is 4. The van der Waals surface area contributed by atoms with Gasteiger partial charge in [0.2, 0.25) is 14.9 Å². The van der Waals surface area contributed by atoms with E-state index < -0.39 is 9.84 Å². The monoisotopic (exact) mass is 514 g/mol. The zero-order valence-corrected chi connectivity index (χ0v) is 21.2. The molecule has 8 nitrogen and oxygen atoms in total. The van der Waals surface area contributed by atoms with Gasteiger partial charge in [0, 0.05) is 33.4 Å². The van der Waals surface area contributed by atoms with Crippen LogP contribution in [-0.4, -0.2) is 49.4 Å². The van der Waals surface area contributed by atoms with Crippen molar-refractivity contribution in [3.8, 4) is 0 Å². The summed E-state index contributed by atoms with van der Waals surface area (Å²) in [5, 5.41) is 9.96. The van der Waals surface area contributed by atoms with Crippen LogP contribution >= 0.6 is 23.7 Å². The van der Waals surface area contributed by atoms with Crippen LogP contribution in [0.25, 0.3) is 15.9 Å². The molecule has 0 fully saturated rings. The third-order valence-electron chi connectivity index (χ3n) is 5.45. The first-order chi connectivity index (χ1) is 15.9. The van der Waals surface area contributed by atoms with Gasteiger partial charge in [-0.2, -0.15) is 4.52 Å². The number of nitrogens with zero attached hydrogens (tertiary/aromatic N) is 6. The van der Waals surface area contributed by atoms with Gasteiger partial charge in [-0.1, -0.05) is 35.5 Å². The fourth-order valence-corrected chi connectivity index (χ4v) is 5.87. The summed E-state index contributed by atoms with van der Waals surface area (Å²) < 4.78 is 29.0. The Morgan fingerprint density at radius 3 is 2.35 bits per heavy atom. The van der Waals surface area contributed by atoms with Crippen molar-refractivity contribution < 1.29 is 8.42 Å². The number of hydrogen-bond acceptors (Lipinski definition) is 8. The van der Waals surface area contributed by atoms with Crippen molar-refractivity contribution >= 4 is 61.0 Å². The molecule has 0 atom stereocenters. The van der Waals surface area contributed by atoms with Crippen LogP contribution in [0.5, 0.6) is 0 Å². The summed E-state index contributed by atoms with van der Waals surface area (Å²) in [7, 11) is 2.10. The van der Waals surface area contributed by atoms with E-state index in [4.69, 9.17) is 4.98 Å². The number of benzene rings is 2. The summed E-state index contributed by atoms with van der Waals surface area (Å²) in [4.78, 5) is 9.00. The van der Waals surface area contributed by atoms with Gasteiger partial charge in [0.05, 0.1) is 15.1 Å². The molecule has 11 heteroatoms. The molecule has 34 heavy (non-hydrogen) atoms. The predicted octanol–water partition coefficient (Wildman–Crippen LogP) is 4.30. The van der Waals surface area contributed by atoms with Gasteiger partial charge in [-0.05, 0) is 41.3 Å². The molecule has 0 aliphatic rings. The second kappa shape index (κ2) is 9.21. The fourth-order valence-electron chi connectivity index (χ4n) is 3.70. The lowest BCUT2D eigenvalue weighted by Gasteiger charge is -2.20. The van der Waals surface area contributed by atoms with Gasteiger partial charge in [0.25, 0.3) is 0 Å². The van der Waals surface area contributed by atoms with Crippen LogP contribution in [-0.2, 0) is 16.4 Å².